The van der Waals surface area contributed by atoms with Crippen molar-refractivity contribution in [2.45, 2.75) is 6.54 Å². The molecule has 1 aromatic heterocycles. The van der Waals surface area contributed by atoms with Crippen LogP contribution >= 0.6 is 15.9 Å². The Kier molecular flexibility index (Phi) is 3.92. The summed E-state index contributed by atoms with van der Waals surface area (Å²) in [7, 11) is 0. The minimum absolute atomic E-state index is 0.261. The number of benzene rings is 2. The van der Waals surface area contributed by atoms with E-state index in [0.29, 0.717) is 11.0 Å². The number of hydrogen-bond donors (Lipinski definition) is 1. The molecule has 0 saturated heterocycles. The van der Waals surface area contributed by atoms with Gasteiger partial charge in [-0.15, -0.1) is 5.10 Å². The average Bonchev–Trinajstić information content (AvgIpc) is 3.03. The van der Waals surface area contributed by atoms with Crippen LogP contribution in [0.4, 0.5) is 10.1 Å². The first kappa shape index (κ1) is 13.7. The minimum atomic E-state index is -0.261. The van der Waals surface area contributed by atoms with E-state index in [0.717, 1.165) is 16.9 Å². The van der Waals surface area contributed by atoms with Crippen LogP contribution in [0.1, 0.15) is 5.56 Å². The lowest BCUT2D eigenvalue weighted by atomic mass is 10.2. The van der Waals surface area contributed by atoms with Crippen LogP contribution in [0.3, 0.4) is 0 Å². The number of aromatic nitrogens is 4. The largest absolute Gasteiger partial charge is 0.381 e. The van der Waals surface area contributed by atoms with Crippen LogP contribution in [-0.4, -0.2) is 20.2 Å². The second-order valence-corrected chi connectivity index (χ2v) is 5.26. The smallest absolute Gasteiger partial charge is 0.143 e. The summed E-state index contributed by atoms with van der Waals surface area (Å²) in [6, 6.07) is 12.7. The van der Waals surface area contributed by atoms with Crippen LogP contribution in [0.2, 0.25) is 0 Å². The number of anilines is 1. The summed E-state index contributed by atoms with van der Waals surface area (Å²) in [6.45, 7) is 0.550. The van der Waals surface area contributed by atoms with Gasteiger partial charge in [0, 0.05) is 12.2 Å². The molecule has 7 heteroatoms. The van der Waals surface area contributed by atoms with Crippen molar-refractivity contribution in [3.05, 3.63) is 64.6 Å². The molecule has 2 aromatic carbocycles. The fraction of sp³-hybridized carbons (Fsp3) is 0.0714. The summed E-state index contributed by atoms with van der Waals surface area (Å²) in [5.74, 6) is -0.261. The third kappa shape index (κ3) is 3.25. The predicted octanol–water partition coefficient (Wildman–Crippen LogP) is 3.18. The van der Waals surface area contributed by atoms with E-state index in [2.05, 4.69) is 36.8 Å². The van der Waals surface area contributed by atoms with Crippen LogP contribution in [0.15, 0.2) is 53.3 Å². The number of rotatable bonds is 4. The quantitative estimate of drug-likeness (QED) is 0.787. The molecule has 1 heterocycles. The van der Waals surface area contributed by atoms with Gasteiger partial charge in [-0.1, -0.05) is 6.07 Å². The highest BCUT2D eigenvalue weighted by Gasteiger charge is 2.01. The Labute approximate surface area is 128 Å². The molecule has 3 rings (SSSR count). The van der Waals surface area contributed by atoms with Gasteiger partial charge in [-0.2, -0.15) is 0 Å². The van der Waals surface area contributed by atoms with Crippen LogP contribution in [-0.2, 0) is 6.54 Å². The molecule has 0 spiro atoms. The van der Waals surface area contributed by atoms with Gasteiger partial charge in [0.05, 0.1) is 10.2 Å². The molecule has 0 amide bonds. The highest BCUT2D eigenvalue weighted by Crippen LogP contribution is 2.18. The van der Waals surface area contributed by atoms with Gasteiger partial charge < -0.3 is 5.32 Å². The molecule has 0 aliphatic carbocycles. The van der Waals surface area contributed by atoms with Crippen molar-refractivity contribution in [3.63, 3.8) is 0 Å². The lowest BCUT2D eigenvalue weighted by Crippen LogP contribution is -2.01. The number of nitrogens with zero attached hydrogens (tertiary/aromatic N) is 4. The minimum Gasteiger partial charge on any atom is -0.381 e. The highest BCUT2D eigenvalue weighted by atomic mass is 79.9. The zero-order chi connectivity index (χ0) is 14.7. The van der Waals surface area contributed by atoms with Gasteiger partial charge in [0.15, 0.2) is 0 Å². The van der Waals surface area contributed by atoms with E-state index >= 15 is 0 Å². The molecule has 0 aliphatic heterocycles. The van der Waals surface area contributed by atoms with Crippen LogP contribution in [0, 0.1) is 5.82 Å². The molecule has 5 nitrogen and oxygen atoms in total. The average molecular weight is 348 g/mol. The van der Waals surface area contributed by atoms with E-state index in [-0.39, 0.29) is 5.82 Å². The van der Waals surface area contributed by atoms with Crippen molar-refractivity contribution in [3.8, 4) is 5.69 Å². The maximum atomic E-state index is 13.4. The summed E-state index contributed by atoms with van der Waals surface area (Å²) in [6.07, 6.45) is 1.53. The Morgan fingerprint density at radius 2 is 1.95 bits per heavy atom. The molecule has 0 saturated carbocycles. The number of tetrazole rings is 1. The summed E-state index contributed by atoms with van der Waals surface area (Å²) >= 11 is 3.14. The van der Waals surface area contributed by atoms with Crippen LogP contribution in [0.5, 0.6) is 0 Å². The van der Waals surface area contributed by atoms with E-state index in [9.17, 15) is 4.39 Å². The third-order valence-corrected chi connectivity index (χ3v) is 3.60. The number of halogens is 2. The second-order valence-electron chi connectivity index (χ2n) is 4.40. The van der Waals surface area contributed by atoms with Crippen LogP contribution in [0.25, 0.3) is 5.69 Å². The Bertz CT molecular complexity index is 728. The van der Waals surface area contributed by atoms with Gasteiger partial charge in [-0.3, -0.25) is 0 Å². The third-order valence-electron chi connectivity index (χ3n) is 2.96. The van der Waals surface area contributed by atoms with E-state index in [1.54, 1.807) is 10.7 Å². The topological polar surface area (TPSA) is 55.6 Å². The molecule has 0 unspecified atom stereocenters. The molecule has 0 radical (unpaired) electrons. The number of hydrogen-bond acceptors (Lipinski definition) is 4. The lowest BCUT2D eigenvalue weighted by molar-refractivity contribution is 0.619. The maximum absolute atomic E-state index is 13.4. The summed E-state index contributed by atoms with van der Waals surface area (Å²) in [5, 5.41) is 14.2. The van der Waals surface area contributed by atoms with Gasteiger partial charge >= 0.3 is 0 Å². The fourth-order valence-corrected chi connectivity index (χ4v) is 2.11. The SMILES string of the molecule is Fc1cc(CNc2ccc(-n3cnnn3)cc2)ccc1Br. The standard InChI is InChI=1S/C14H11BrFN5/c15-13-6-1-10(7-14(13)16)8-17-11-2-4-12(5-3-11)21-9-18-19-20-21/h1-7,9,17H,8H2. The van der Waals surface area contributed by atoms with Crippen molar-refractivity contribution in [2.24, 2.45) is 0 Å². The first-order valence-corrected chi connectivity index (χ1v) is 7.03. The molecule has 106 valence electrons. The Morgan fingerprint density at radius 1 is 1.14 bits per heavy atom. The van der Waals surface area contributed by atoms with Gasteiger partial charge in [0.2, 0.25) is 0 Å². The zero-order valence-corrected chi connectivity index (χ0v) is 12.5. The van der Waals surface area contributed by atoms with E-state index in [1.807, 2.05) is 30.3 Å². The molecule has 1 N–H and O–H groups in total. The van der Waals surface area contributed by atoms with E-state index in [1.165, 1.54) is 12.4 Å². The monoisotopic (exact) mass is 347 g/mol. The molecule has 21 heavy (non-hydrogen) atoms. The highest BCUT2D eigenvalue weighted by molar-refractivity contribution is 9.10. The zero-order valence-electron chi connectivity index (χ0n) is 10.9. The van der Waals surface area contributed by atoms with Gasteiger partial charge in [-0.25, -0.2) is 9.07 Å². The molecule has 0 atom stereocenters. The Morgan fingerprint density at radius 3 is 2.62 bits per heavy atom. The second kappa shape index (κ2) is 6.01. The molecule has 0 fully saturated rings. The molecule has 3 aromatic rings. The first-order valence-electron chi connectivity index (χ1n) is 6.23. The Hall–Kier alpha value is -2.28. The van der Waals surface area contributed by atoms with Gasteiger partial charge in [-0.05, 0) is 68.3 Å². The predicted molar refractivity (Wildman–Crippen MR) is 80.6 cm³/mol. The molecule has 0 aliphatic rings. The van der Waals surface area contributed by atoms with Crippen molar-refractivity contribution >= 4 is 21.6 Å². The summed E-state index contributed by atoms with van der Waals surface area (Å²) < 4.78 is 15.5. The first-order chi connectivity index (χ1) is 10.2. The molecule has 0 bridgehead atoms. The van der Waals surface area contributed by atoms with Crippen molar-refractivity contribution in [2.75, 3.05) is 5.32 Å². The maximum Gasteiger partial charge on any atom is 0.143 e. The fourth-order valence-electron chi connectivity index (χ4n) is 1.87. The molecular formula is C14H11BrFN5. The van der Waals surface area contributed by atoms with Crippen molar-refractivity contribution < 1.29 is 4.39 Å². The van der Waals surface area contributed by atoms with Crippen molar-refractivity contribution in [1.29, 1.82) is 0 Å². The molecular weight excluding hydrogens is 337 g/mol. The van der Waals surface area contributed by atoms with Crippen molar-refractivity contribution in [1.82, 2.24) is 20.2 Å². The normalized spacial score (nSPS) is 10.6. The Balaban J connectivity index is 1.66. The summed E-state index contributed by atoms with van der Waals surface area (Å²) in [4.78, 5) is 0. The number of nitrogens with one attached hydrogen (secondary N) is 1. The van der Waals surface area contributed by atoms with Crippen LogP contribution < -0.4 is 5.32 Å². The van der Waals surface area contributed by atoms with Gasteiger partial charge in [0.1, 0.15) is 12.1 Å². The lowest BCUT2D eigenvalue weighted by Gasteiger charge is -2.08. The summed E-state index contributed by atoms with van der Waals surface area (Å²) in [5.41, 5.74) is 2.69. The van der Waals surface area contributed by atoms with E-state index < -0.39 is 0 Å². The van der Waals surface area contributed by atoms with E-state index in [4.69, 9.17) is 0 Å². The van der Waals surface area contributed by atoms with Gasteiger partial charge in [0.25, 0.3) is 0 Å².